The Hall–Kier alpha value is -0.970. The van der Waals surface area contributed by atoms with Gasteiger partial charge in [-0.25, -0.2) is 4.39 Å². The topological polar surface area (TPSA) is 38.5 Å². The van der Waals surface area contributed by atoms with Gasteiger partial charge in [-0.2, -0.15) is 0 Å². The van der Waals surface area contributed by atoms with Crippen LogP contribution in [0.1, 0.15) is 31.4 Å². The fourth-order valence-corrected chi connectivity index (χ4v) is 2.64. The summed E-state index contributed by atoms with van der Waals surface area (Å²) in [6.45, 7) is 3.50. The summed E-state index contributed by atoms with van der Waals surface area (Å²) in [7, 11) is 1.70. The lowest BCUT2D eigenvalue weighted by Crippen LogP contribution is -2.42. The van der Waals surface area contributed by atoms with E-state index in [0.29, 0.717) is 12.6 Å². The standard InChI is InChI=1S/C15H23FN2O/c1-11(17)15(12-4-3-5-13(16)10-12)18(8-9-19-2)14-6-7-14/h3-5,10-11,14-15H,6-9,17H2,1-2H3. The van der Waals surface area contributed by atoms with Crippen molar-refractivity contribution in [3.05, 3.63) is 35.6 Å². The number of ether oxygens (including phenoxy) is 1. The molecule has 1 saturated carbocycles. The van der Waals surface area contributed by atoms with Crippen LogP contribution in [0.2, 0.25) is 0 Å². The first-order valence-electron chi connectivity index (χ1n) is 6.89. The number of hydrogen-bond donors (Lipinski definition) is 1. The Kier molecular flexibility index (Phi) is 4.91. The van der Waals surface area contributed by atoms with Gasteiger partial charge in [-0.1, -0.05) is 12.1 Å². The smallest absolute Gasteiger partial charge is 0.123 e. The van der Waals surface area contributed by atoms with E-state index < -0.39 is 0 Å². The van der Waals surface area contributed by atoms with Gasteiger partial charge in [0.25, 0.3) is 0 Å². The number of halogens is 1. The van der Waals surface area contributed by atoms with Crippen LogP contribution in [0.15, 0.2) is 24.3 Å². The average Bonchev–Trinajstić information content (AvgIpc) is 3.18. The highest BCUT2D eigenvalue weighted by atomic mass is 19.1. The van der Waals surface area contributed by atoms with Crippen LogP contribution < -0.4 is 5.73 Å². The molecule has 0 heterocycles. The van der Waals surface area contributed by atoms with Crippen molar-refractivity contribution < 1.29 is 9.13 Å². The fraction of sp³-hybridized carbons (Fsp3) is 0.600. The molecule has 2 unspecified atom stereocenters. The second kappa shape index (κ2) is 6.46. The Labute approximate surface area is 114 Å². The van der Waals surface area contributed by atoms with Gasteiger partial charge in [0.2, 0.25) is 0 Å². The Morgan fingerprint density at radius 2 is 2.21 bits per heavy atom. The molecule has 19 heavy (non-hydrogen) atoms. The zero-order valence-corrected chi connectivity index (χ0v) is 11.7. The predicted octanol–water partition coefficient (Wildman–Crippen LogP) is 2.32. The minimum Gasteiger partial charge on any atom is -0.383 e. The third-order valence-corrected chi connectivity index (χ3v) is 3.62. The molecule has 0 amide bonds. The molecule has 0 spiro atoms. The summed E-state index contributed by atoms with van der Waals surface area (Å²) in [5, 5.41) is 0. The van der Waals surface area contributed by atoms with E-state index in [1.807, 2.05) is 13.0 Å². The summed E-state index contributed by atoms with van der Waals surface area (Å²) in [6, 6.07) is 7.35. The maximum absolute atomic E-state index is 13.4. The lowest BCUT2D eigenvalue weighted by Gasteiger charge is -2.34. The number of rotatable bonds is 7. The van der Waals surface area contributed by atoms with Gasteiger partial charge < -0.3 is 10.5 Å². The Bertz CT molecular complexity index is 407. The highest BCUT2D eigenvalue weighted by Crippen LogP contribution is 2.35. The number of nitrogens with zero attached hydrogens (tertiary/aromatic N) is 1. The second-order valence-corrected chi connectivity index (χ2v) is 5.32. The van der Waals surface area contributed by atoms with Crippen molar-refractivity contribution in [1.82, 2.24) is 4.90 Å². The molecule has 0 aromatic heterocycles. The normalized spacial score (nSPS) is 18.6. The first kappa shape index (κ1) is 14.4. The molecule has 3 nitrogen and oxygen atoms in total. The van der Waals surface area contributed by atoms with E-state index in [9.17, 15) is 4.39 Å². The predicted molar refractivity (Wildman–Crippen MR) is 74.4 cm³/mol. The van der Waals surface area contributed by atoms with Crippen molar-refractivity contribution in [3.8, 4) is 0 Å². The molecule has 1 aromatic rings. The Morgan fingerprint density at radius 3 is 2.74 bits per heavy atom. The SMILES string of the molecule is COCCN(C1CC1)C(c1cccc(F)c1)C(C)N. The highest BCUT2D eigenvalue weighted by Gasteiger charge is 2.35. The molecule has 2 atom stereocenters. The average molecular weight is 266 g/mol. The van der Waals surface area contributed by atoms with Gasteiger partial charge >= 0.3 is 0 Å². The van der Waals surface area contributed by atoms with Crippen molar-refractivity contribution in [2.75, 3.05) is 20.3 Å². The summed E-state index contributed by atoms with van der Waals surface area (Å²) in [5.74, 6) is -0.203. The first-order chi connectivity index (χ1) is 9.13. The van der Waals surface area contributed by atoms with E-state index >= 15 is 0 Å². The summed E-state index contributed by atoms with van der Waals surface area (Å²) in [5.41, 5.74) is 7.11. The van der Waals surface area contributed by atoms with Crippen molar-refractivity contribution in [3.63, 3.8) is 0 Å². The molecule has 0 bridgehead atoms. The zero-order chi connectivity index (χ0) is 13.8. The maximum atomic E-state index is 13.4. The third kappa shape index (κ3) is 3.75. The molecule has 1 fully saturated rings. The van der Waals surface area contributed by atoms with Gasteiger partial charge in [0, 0.05) is 25.7 Å². The minimum absolute atomic E-state index is 0.0424. The largest absolute Gasteiger partial charge is 0.383 e. The van der Waals surface area contributed by atoms with Crippen molar-refractivity contribution >= 4 is 0 Å². The van der Waals surface area contributed by atoms with Crippen LogP contribution in [-0.4, -0.2) is 37.2 Å². The van der Waals surface area contributed by atoms with Crippen LogP contribution >= 0.6 is 0 Å². The van der Waals surface area contributed by atoms with Crippen molar-refractivity contribution in [2.45, 2.75) is 37.9 Å². The molecule has 106 valence electrons. The molecule has 0 aliphatic heterocycles. The van der Waals surface area contributed by atoms with E-state index in [4.69, 9.17) is 10.5 Å². The molecule has 2 rings (SSSR count). The Balaban J connectivity index is 2.21. The lowest BCUT2D eigenvalue weighted by atomic mass is 9.98. The lowest BCUT2D eigenvalue weighted by molar-refractivity contribution is 0.104. The molecule has 4 heteroatoms. The molecule has 1 aliphatic rings. The van der Waals surface area contributed by atoms with Gasteiger partial charge in [-0.05, 0) is 37.5 Å². The zero-order valence-electron chi connectivity index (χ0n) is 11.7. The molecular formula is C15H23FN2O. The van der Waals surface area contributed by atoms with E-state index in [1.54, 1.807) is 19.2 Å². The second-order valence-electron chi connectivity index (χ2n) is 5.32. The van der Waals surface area contributed by atoms with E-state index in [1.165, 1.54) is 18.9 Å². The van der Waals surface area contributed by atoms with Gasteiger partial charge in [0.1, 0.15) is 5.82 Å². The molecule has 0 radical (unpaired) electrons. The van der Waals surface area contributed by atoms with Crippen molar-refractivity contribution in [1.29, 1.82) is 0 Å². The van der Waals surface area contributed by atoms with Gasteiger partial charge in [-0.15, -0.1) is 0 Å². The number of nitrogens with two attached hydrogens (primary N) is 1. The number of benzene rings is 1. The molecule has 0 saturated heterocycles. The molecule has 2 N–H and O–H groups in total. The van der Waals surface area contributed by atoms with E-state index in [0.717, 1.165) is 12.1 Å². The number of methoxy groups -OCH3 is 1. The van der Waals surface area contributed by atoms with E-state index in [2.05, 4.69) is 4.90 Å². The first-order valence-corrected chi connectivity index (χ1v) is 6.89. The quantitative estimate of drug-likeness (QED) is 0.823. The van der Waals surface area contributed by atoms with Crippen LogP contribution in [0, 0.1) is 5.82 Å². The van der Waals surface area contributed by atoms with Crippen LogP contribution in [0.3, 0.4) is 0 Å². The maximum Gasteiger partial charge on any atom is 0.123 e. The van der Waals surface area contributed by atoms with Crippen LogP contribution in [0.4, 0.5) is 4.39 Å². The van der Waals surface area contributed by atoms with Gasteiger partial charge in [0.05, 0.1) is 12.6 Å². The van der Waals surface area contributed by atoms with E-state index in [-0.39, 0.29) is 17.9 Å². The minimum atomic E-state index is -0.203. The Morgan fingerprint density at radius 1 is 1.47 bits per heavy atom. The van der Waals surface area contributed by atoms with Crippen LogP contribution in [0.5, 0.6) is 0 Å². The summed E-state index contributed by atoms with van der Waals surface area (Å²) in [6.07, 6.45) is 2.39. The molecule has 1 aliphatic carbocycles. The van der Waals surface area contributed by atoms with Crippen LogP contribution in [-0.2, 0) is 4.74 Å². The van der Waals surface area contributed by atoms with Gasteiger partial charge in [0.15, 0.2) is 0 Å². The summed E-state index contributed by atoms with van der Waals surface area (Å²) in [4.78, 5) is 2.36. The highest BCUT2D eigenvalue weighted by molar-refractivity contribution is 5.22. The molecule has 1 aromatic carbocycles. The number of hydrogen-bond acceptors (Lipinski definition) is 3. The fourth-order valence-electron chi connectivity index (χ4n) is 2.64. The monoisotopic (exact) mass is 266 g/mol. The molecular weight excluding hydrogens is 243 g/mol. The van der Waals surface area contributed by atoms with Crippen molar-refractivity contribution in [2.24, 2.45) is 5.73 Å². The van der Waals surface area contributed by atoms with Crippen LogP contribution in [0.25, 0.3) is 0 Å². The summed E-state index contributed by atoms with van der Waals surface area (Å²) >= 11 is 0. The summed E-state index contributed by atoms with van der Waals surface area (Å²) < 4.78 is 18.6. The van der Waals surface area contributed by atoms with Gasteiger partial charge in [-0.3, -0.25) is 4.90 Å². The third-order valence-electron chi connectivity index (χ3n) is 3.62.